The Morgan fingerprint density at radius 2 is 2.05 bits per heavy atom. The predicted molar refractivity (Wildman–Crippen MR) is 74.0 cm³/mol. The van der Waals surface area contributed by atoms with Gasteiger partial charge in [-0.25, -0.2) is 0 Å². The molecule has 0 fully saturated rings. The van der Waals surface area contributed by atoms with Crippen LogP contribution in [0.15, 0.2) is 30.5 Å². The maximum Gasteiger partial charge on any atom is 0.119 e. The highest BCUT2D eigenvalue weighted by Gasteiger charge is 2.04. The van der Waals surface area contributed by atoms with Gasteiger partial charge in [0.2, 0.25) is 0 Å². The van der Waals surface area contributed by atoms with E-state index in [2.05, 4.69) is 29.5 Å². The van der Waals surface area contributed by atoms with Crippen LogP contribution in [0.2, 0.25) is 0 Å². The molecule has 0 aliphatic heterocycles. The summed E-state index contributed by atoms with van der Waals surface area (Å²) >= 11 is 0. The Bertz CT molecular complexity index is 506. The highest BCUT2D eigenvalue weighted by atomic mass is 16.5. The Morgan fingerprint density at radius 3 is 2.68 bits per heavy atom. The van der Waals surface area contributed by atoms with E-state index in [1.807, 2.05) is 37.5 Å². The average molecular weight is 260 g/mol. The average Bonchev–Trinajstić information content (AvgIpc) is 2.81. The summed E-state index contributed by atoms with van der Waals surface area (Å²) < 4.78 is 7.41. The molecular formula is C14H20N4O. The molecule has 0 radical (unpaired) electrons. The molecule has 102 valence electrons. The van der Waals surface area contributed by atoms with E-state index in [1.54, 1.807) is 4.68 Å². The lowest BCUT2D eigenvalue weighted by molar-refractivity contribution is 0.272. The summed E-state index contributed by atoms with van der Waals surface area (Å²) in [6, 6.07) is 8.33. The predicted octanol–water partition coefficient (Wildman–Crippen LogP) is 1.68. The second kappa shape index (κ2) is 6.33. The van der Waals surface area contributed by atoms with Gasteiger partial charge in [0.05, 0.1) is 5.69 Å². The van der Waals surface area contributed by atoms with E-state index in [1.165, 1.54) is 5.56 Å². The van der Waals surface area contributed by atoms with Crippen molar-refractivity contribution in [2.75, 3.05) is 6.61 Å². The van der Waals surface area contributed by atoms with Crippen molar-refractivity contribution in [1.29, 1.82) is 0 Å². The summed E-state index contributed by atoms with van der Waals surface area (Å²) in [7, 11) is 1.86. The third-order valence-electron chi connectivity index (χ3n) is 2.80. The minimum Gasteiger partial charge on any atom is -0.492 e. The summed E-state index contributed by atoms with van der Waals surface area (Å²) in [6.45, 7) is 5.48. The van der Waals surface area contributed by atoms with Crippen molar-refractivity contribution in [3.63, 3.8) is 0 Å². The standard InChI is InChI=1S/C14H20N4O/c1-11-4-6-14(7-5-11)19-10-12(2)15-8-13-9-18(3)17-16-13/h4-7,9,12,15H,8,10H2,1-3H3. The first-order valence-electron chi connectivity index (χ1n) is 6.41. The second-order valence-electron chi connectivity index (χ2n) is 4.79. The number of nitrogens with one attached hydrogen (secondary N) is 1. The fourth-order valence-electron chi connectivity index (χ4n) is 1.67. The van der Waals surface area contributed by atoms with Crippen LogP contribution >= 0.6 is 0 Å². The van der Waals surface area contributed by atoms with Crippen LogP contribution in [0, 0.1) is 6.92 Å². The summed E-state index contributed by atoms with van der Waals surface area (Å²) in [5.74, 6) is 0.902. The van der Waals surface area contributed by atoms with Gasteiger partial charge in [-0.1, -0.05) is 22.9 Å². The summed E-state index contributed by atoms with van der Waals surface area (Å²) in [5.41, 5.74) is 2.17. The van der Waals surface area contributed by atoms with E-state index < -0.39 is 0 Å². The van der Waals surface area contributed by atoms with Crippen LogP contribution in [0.3, 0.4) is 0 Å². The molecule has 0 aliphatic rings. The Balaban J connectivity index is 1.72. The van der Waals surface area contributed by atoms with E-state index in [9.17, 15) is 0 Å². The SMILES string of the molecule is Cc1ccc(OCC(C)NCc2cn(C)nn2)cc1. The Labute approximate surface area is 113 Å². The molecule has 0 spiro atoms. The Morgan fingerprint density at radius 1 is 1.32 bits per heavy atom. The molecule has 0 saturated heterocycles. The van der Waals surface area contributed by atoms with E-state index in [-0.39, 0.29) is 6.04 Å². The Hall–Kier alpha value is -1.88. The fourth-order valence-corrected chi connectivity index (χ4v) is 1.67. The van der Waals surface area contributed by atoms with Crippen LogP contribution in [0.4, 0.5) is 0 Å². The molecule has 0 saturated carbocycles. The largest absolute Gasteiger partial charge is 0.492 e. The lowest BCUT2D eigenvalue weighted by Crippen LogP contribution is -2.31. The number of benzene rings is 1. The number of ether oxygens (including phenoxy) is 1. The third-order valence-corrected chi connectivity index (χ3v) is 2.80. The van der Waals surface area contributed by atoms with Gasteiger partial charge in [-0.15, -0.1) is 5.10 Å². The highest BCUT2D eigenvalue weighted by Crippen LogP contribution is 2.11. The maximum absolute atomic E-state index is 5.71. The maximum atomic E-state index is 5.71. The number of nitrogens with zero attached hydrogens (tertiary/aromatic N) is 3. The minimum absolute atomic E-state index is 0.253. The lowest BCUT2D eigenvalue weighted by atomic mass is 10.2. The molecule has 0 bridgehead atoms. The minimum atomic E-state index is 0.253. The number of aryl methyl sites for hydroxylation is 2. The molecule has 0 amide bonds. The van der Waals surface area contributed by atoms with E-state index in [0.29, 0.717) is 13.2 Å². The monoisotopic (exact) mass is 260 g/mol. The summed E-state index contributed by atoms with van der Waals surface area (Å²) in [5, 5.41) is 11.3. The number of rotatable bonds is 6. The van der Waals surface area contributed by atoms with Gasteiger partial charge in [-0.2, -0.15) is 0 Å². The number of hydrogen-bond donors (Lipinski definition) is 1. The normalized spacial score (nSPS) is 12.4. The molecule has 1 N–H and O–H groups in total. The van der Waals surface area contributed by atoms with Gasteiger partial charge in [0.1, 0.15) is 12.4 Å². The second-order valence-corrected chi connectivity index (χ2v) is 4.79. The highest BCUT2D eigenvalue weighted by molar-refractivity contribution is 5.26. The molecule has 1 aromatic carbocycles. The van der Waals surface area contributed by atoms with Gasteiger partial charge < -0.3 is 10.1 Å². The van der Waals surface area contributed by atoms with Gasteiger partial charge in [-0.3, -0.25) is 4.68 Å². The fraction of sp³-hybridized carbons (Fsp3) is 0.429. The zero-order chi connectivity index (χ0) is 13.7. The molecule has 0 aliphatic carbocycles. The van der Waals surface area contributed by atoms with Crippen LogP contribution in [-0.2, 0) is 13.6 Å². The van der Waals surface area contributed by atoms with Crippen molar-refractivity contribution >= 4 is 0 Å². The first kappa shape index (κ1) is 13.5. The van der Waals surface area contributed by atoms with Crippen LogP contribution in [0.5, 0.6) is 5.75 Å². The molecular weight excluding hydrogens is 240 g/mol. The van der Waals surface area contributed by atoms with Crippen LogP contribution in [-0.4, -0.2) is 27.6 Å². The zero-order valence-corrected chi connectivity index (χ0v) is 11.6. The van der Waals surface area contributed by atoms with Crippen LogP contribution in [0.25, 0.3) is 0 Å². The lowest BCUT2D eigenvalue weighted by Gasteiger charge is -2.14. The smallest absolute Gasteiger partial charge is 0.119 e. The first-order valence-corrected chi connectivity index (χ1v) is 6.41. The quantitative estimate of drug-likeness (QED) is 0.858. The summed E-state index contributed by atoms with van der Waals surface area (Å²) in [6.07, 6.45) is 1.90. The van der Waals surface area contributed by atoms with Crippen molar-refractivity contribution < 1.29 is 4.74 Å². The van der Waals surface area contributed by atoms with Crippen LogP contribution < -0.4 is 10.1 Å². The van der Waals surface area contributed by atoms with Gasteiger partial charge in [0.25, 0.3) is 0 Å². The topological polar surface area (TPSA) is 52.0 Å². The van der Waals surface area contributed by atoms with E-state index in [4.69, 9.17) is 4.74 Å². The molecule has 5 heteroatoms. The number of aromatic nitrogens is 3. The molecule has 1 unspecified atom stereocenters. The third kappa shape index (κ3) is 4.37. The van der Waals surface area contributed by atoms with E-state index >= 15 is 0 Å². The number of hydrogen-bond acceptors (Lipinski definition) is 4. The van der Waals surface area contributed by atoms with Gasteiger partial charge >= 0.3 is 0 Å². The van der Waals surface area contributed by atoms with Crippen LogP contribution in [0.1, 0.15) is 18.2 Å². The van der Waals surface area contributed by atoms with Gasteiger partial charge in [0, 0.05) is 25.8 Å². The molecule has 1 heterocycles. The Kier molecular flexibility index (Phi) is 4.52. The van der Waals surface area contributed by atoms with E-state index in [0.717, 1.165) is 11.4 Å². The van der Waals surface area contributed by atoms with Crippen molar-refractivity contribution in [2.24, 2.45) is 7.05 Å². The van der Waals surface area contributed by atoms with Crippen molar-refractivity contribution in [3.8, 4) is 5.75 Å². The molecule has 2 rings (SSSR count). The molecule has 19 heavy (non-hydrogen) atoms. The van der Waals surface area contributed by atoms with Crippen molar-refractivity contribution in [3.05, 3.63) is 41.7 Å². The van der Waals surface area contributed by atoms with Crippen molar-refractivity contribution in [1.82, 2.24) is 20.3 Å². The molecule has 1 atom stereocenters. The van der Waals surface area contributed by atoms with Crippen molar-refractivity contribution in [2.45, 2.75) is 26.4 Å². The molecule has 1 aromatic heterocycles. The molecule has 5 nitrogen and oxygen atoms in total. The van der Waals surface area contributed by atoms with Gasteiger partial charge in [-0.05, 0) is 26.0 Å². The zero-order valence-electron chi connectivity index (χ0n) is 11.6. The molecule has 2 aromatic rings. The summed E-state index contributed by atoms with van der Waals surface area (Å²) in [4.78, 5) is 0. The van der Waals surface area contributed by atoms with Gasteiger partial charge in [0.15, 0.2) is 0 Å². The first-order chi connectivity index (χ1) is 9.13.